The maximum atomic E-state index is 4.68. The summed E-state index contributed by atoms with van der Waals surface area (Å²) in [6.07, 6.45) is 4.02. The molecule has 1 heterocycles. The molecule has 2 unspecified atom stereocenters. The molecule has 0 radical (unpaired) electrons. The van der Waals surface area contributed by atoms with Gasteiger partial charge in [0.15, 0.2) is 0 Å². The second-order valence-corrected chi connectivity index (χ2v) is 7.74. The van der Waals surface area contributed by atoms with Crippen molar-refractivity contribution >= 4 is 33.3 Å². The third-order valence-corrected chi connectivity index (χ3v) is 5.94. The summed E-state index contributed by atoms with van der Waals surface area (Å²) in [7, 11) is 0. The van der Waals surface area contributed by atoms with Gasteiger partial charge in [0.05, 0.1) is 10.2 Å². The summed E-state index contributed by atoms with van der Waals surface area (Å²) in [5.41, 5.74) is 1.13. The molecule has 1 fully saturated rings. The zero-order valence-electron chi connectivity index (χ0n) is 11.3. The van der Waals surface area contributed by atoms with Crippen LogP contribution in [-0.2, 0) is 6.54 Å². The third-order valence-electron chi connectivity index (χ3n) is 3.67. The molecule has 1 aliphatic rings. The molecular formula is C15H20N2S2. The molecule has 19 heavy (non-hydrogen) atoms. The zero-order valence-corrected chi connectivity index (χ0v) is 12.9. The van der Waals surface area contributed by atoms with Crippen LogP contribution in [0.3, 0.4) is 0 Å². The summed E-state index contributed by atoms with van der Waals surface area (Å²) >= 11 is 3.93. The van der Waals surface area contributed by atoms with E-state index in [2.05, 4.69) is 53.3 Å². The van der Waals surface area contributed by atoms with E-state index >= 15 is 0 Å². The van der Waals surface area contributed by atoms with E-state index in [-0.39, 0.29) is 0 Å². The molecule has 1 aromatic carbocycles. The van der Waals surface area contributed by atoms with Crippen molar-refractivity contribution in [3.8, 4) is 0 Å². The Morgan fingerprint density at radius 2 is 2.26 bits per heavy atom. The van der Waals surface area contributed by atoms with E-state index in [1.54, 1.807) is 0 Å². The monoisotopic (exact) mass is 292 g/mol. The van der Waals surface area contributed by atoms with Gasteiger partial charge >= 0.3 is 0 Å². The van der Waals surface area contributed by atoms with Crippen LogP contribution in [0.4, 0.5) is 0 Å². The Bertz CT molecular complexity index is 505. The minimum absolute atomic E-state index is 0.691. The highest BCUT2D eigenvalue weighted by Gasteiger charge is 2.24. The smallest absolute Gasteiger partial charge is 0.108 e. The van der Waals surface area contributed by atoms with Crippen molar-refractivity contribution in [1.29, 1.82) is 0 Å². The highest BCUT2D eigenvalue weighted by atomic mass is 32.2. The first-order valence-corrected chi connectivity index (χ1v) is 8.91. The van der Waals surface area contributed by atoms with E-state index in [0.29, 0.717) is 6.04 Å². The molecule has 0 amide bonds. The van der Waals surface area contributed by atoms with Crippen LogP contribution in [0.25, 0.3) is 10.2 Å². The topological polar surface area (TPSA) is 24.9 Å². The van der Waals surface area contributed by atoms with Crippen molar-refractivity contribution < 1.29 is 0 Å². The van der Waals surface area contributed by atoms with Crippen molar-refractivity contribution in [1.82, 2.24) is 10.3 Å². The molecule has 1 N–H and O–H groups in total. The van der Waals surface area contributed by atoms with Gasteiger partial charge in [-0.3, -0.25) is 0 Å². The van der Waals surface area contributed by atoms with Crippen LogP contribution in [-0.4, -0.2) is 22.0 Å². The number of nitrogens with zero attached hydrogens (tertiary/aromatic N) is 1. The molecule has 1 aromatic heterocycles. The third kappa shape index (κ3) is 3.30. The van der Waals surface area contributed by atoms with E-state index in [0.717, 1.165) is 17.3 Å². The SMILES string of the molecule is CCSC1CCC(NCc2nc3ccccc3s2)C1. The van der Waals surface area contributed by atoms with Crippen LogP contribution < -0.4 is 5.32 Å². The summed E-state index contributed by atoms with van der Waals surface area (Å²) in [6.45, 7) is 3.18. The highest BCUT2D eigenvalue weighted by molar-refractivity contribution is 7.99. The summed E-state index contributed by atoms with van der Waals surface area (Å²) in [4.78, 5) is 4.68. The fourth-order valence-electron chi connectivity index (χ4n) is 2.74. The fourth-order valence-corrected chi connectivity index (χ4v) is 4.80. The summed E-state index contributed by atoms with van der Waals surface area (Å²) in [5, 5.41) is 5.77. The average molecular weight is 292 g/mol. The van der Waals surface area contributed by atoms with Crippen LogP contribution in [0.2, 0.25) is 0 Å². The van der Waals surface area contributed by atoms with E-state index in [1.807, 2.05) is 11.3 Å². The van der Waals surface area contributed by atoms with Crippen LogP contribution in [0.1, 0.15) is 31.2 Å². The van der Waals surface area contributed by atoms with Gasteiger partial charge in [-0.1, -0.05) is 19.1 Å². The van der Waals surface area contributed by atoms with Gasteiger partial charge in [0.2, 0.25) is 0 Å². The van der Waals surface area contributed by atoms with Crippen LogP contribution in [0, 0.1) is 0 Å². The molecule has 102 valence electrons. The van der Waals surface area contributed by atoms with Crippen molar-refractivity contribution in [2.24, 2.45) is 0 Å². The number of thioether (sulfide) groups is 1. The van der Waals surface area contributed by atoms with E-state index in [1.165, 1.54) is 34.7 Å². The minimum Gasteiger partial charge on any atom is -0.308 e. The molecule has 2 atom stereocenters. The standard InChI is InChI=1S/C15H20N2S2/c1-2-18-12-8-7-11(9-12)16-10-15-17-13-5-3-4-6-14(13)19-15/h3-6,11-12,16H,2,7-10H2,1H3. The van der Waals surface area contributed by atoms with E-state index in [9.17, 15) is 0 Å². The van der Waals surface area contributed by atoms with Crippen molar-refractivity contribution in [2.45, 2.75) is 44.0 Å². The number of nitrogens with one attached hydrogen (secondary N) is 1. The van der Waals surface area contributed by atoms with Gasteiger partial charge in [0.25, 0.3) is 0 Å². The van der Waals surface area contributed by atoms with Gasteiger partial charge < -0.3 is 5.32 Å². The number of thiazole rings is 1. The predicted octanol–water partition coefficient (Wildman–Crippen LogP) is 4.06. The first-order valence-electron chi connectivity index (χ1n) is 7.04. The first-order chi connectivity index (χ1) is 9.35. The predicted molar refractivity (Wildman–Crippen MR) is 86.0 cm³/mol. The number of rotatable bonds is 5. The second-order valence-electron chi connectivity index (χ2n) is 5.04. The summed E-state index contributed by atoms with van der Waals surface area (Å²) < 4.78 is 1.30. The number of hydrogen-bond donors (Lipinski definition) is 1. The van der Waals surface area contributed by atoms with Gasteiger partial charge in [-0.15, -0.1) is 11.3 Å². The molecule has 0 bridgehead atoms. The lowest BCUT2D eigenvalue weighted by molar-refractivity contribution is 0.524. The molecule has 4 heteroatoms. The first kappa shape index (κ1) is 13.4. The normalized spacial score (nSPS) is 23.2. The summed E-state index contributed by atoms with van der Waals surface area (Å²) in [6, 6.07) is 9.08. The number of aromatic nitrogens is 1. The molecule has 0 aliphatic heterocycles. The molecule has 0 saturated heterocycles. The maximum Gasteiger partial charge on any atom is 0.108 e. The molecule has 2 nitrogen and oxygen atoms in total. The molecule has 2 aromatic rings. The number of benzene rings is 1. The largest absolute Gasteiger partial charge is 0.308 e. The molecule has 1 saturated carbocycles. The Morgan fingerprint density at radius 3 is 3.11 bits per heavy atom. The zero-order chi connectivity index (χ0) is 13.1. The number of para-hydroxylation sites is 1. The Morgan fingerprint density at radius 1 is 1.37 bits per heavy atom. The fraction of sp³-hybridized carbons (Fsp3) is 0.533. The Balaban J connectivity index is 1.55. The van der Waals surface area contributed by atoms with Crippen LogP contribution in [0.15, 0.2) is 24.3 Å². The van der Waals surface area contributed by atoms with Gasteiger partial charge in [-0.05, 0) is 37.1 Å². The van der Waals surface area contributed by atoms with E-state index < -0.39 is 0 Å². The average Bonchev–Trinajstić information content (AvgIpc) is 3.02. The lowest BCUT2D eigenvalue weighted by atomic mass is 10.2. The minimum atomic E-state index is 0.691. The quantitative estimate of drug-likeness (QED) is 0.899. The van der Waals surface area contributed by atoms with Gasteiger partial charge in [-0.25, -0.2) is 4.98 Å². The number of fused-ring (bicyclic) bond motifs is 1. The lowest BCUT2D eigenvalue weighted by Gasteiger charge is -2.11. The van der Waals surface area contributed by atoms with Crippen molar-refractivity contribution in [3.05, 3.63) is 29.3 Å². The van der Waals surface area contributed by atoms with Gasteiger partial charge in [-0.2, -0.15) is 11.8 Å². The lowest BCUT2D eigenvalue weighted by Crippen LogP contribution is -2.26. The van der Waals surface area contributed by atoms with Crippen LogP contribution in [0.5, 0.6) is 0 Å². The molecular weight excluding hydrogens is 272 g/mol. The van der Waals surface area contributed by atoms with Crippen molar-refractivity contribution in [2.75, 3.05) is 5.75 Å². The number of hydrogen-bond acceptors (Lipinski definition) is 4. The molecule has 0 spiro atoms. The van der Waals surface area contributed by atoms with Gasteiger partial charge in [0.1, 0.15) is 5.01 Å². The Hall–Kier alpha value is -0.580. The van der Waals surface area contributed by atoms with Crippen LogP contribution >= 0.6 is 23.1 Å². The summed E-state index contributed by atoms with van der Waals surface area (Å²) in [5.74, 6) is 1.25. The Kier molecular flexibility index (Phi) is 4.41. The molecule has 1 aliphatic carbocycles. The second kappa shape index (κ2) is 6.25. The van der Waals surface area contributed by atoms with Crippen molar-refractivity contribution in [3.63, 3.8) is 0 Å². The Labute approximate surface area is 123 Å². The van der Waals surface area contributed by atoms with Gasteiger partial charge in [0, 0.05) is 17.8 Å². The van der Waals surface area contributed by atoms with E-state index in [4.69, 9.17) is 0 Å². The highest BCUT2D eigenvalue weighted by Crippen LogP contribution is 2.30. The molecule has 3 rings (SSSR count). The maximum absolute atomic E-state index is 4.68.